The molecule has 0 fully saturated rings. The number of hydrogen-bond donors (Lipinski definition) is 3. The fourth-order valence-electron chi connectivity index (χ4n) is 0.289. The predicted octanol–water partition coefficient (Wildman–Crippen LogP) is 0.317. The maximum absolute atomic E-state index is 10.6. The molecule has 0 aromatic rings. The van der Waals surface area contributed by atoms with Gasteiger partial charge in [0.15, 0.2) is 0 Å². The highest BCUT2D eigenvalue weighted by molar-refractivity contribution is 5.73. The van der Waals surface area contributed by atoms with E-state index in [1.807, 2.05) is 0 Å². The van der Waals surface area contributed by atoms with Gasteiger partial charge >= 0.3 is 12.1 Å². The number of aliphatic carboxylic acids is 1. The summed E-state index contributed by atoms with van der Waals surface area (Å²) in [6.07, 6.45) is -2.95. The third-order valence-corrected chi connectivity index (χ3v) is 0.901. The van der Waals surface area contributed by atoms with Crippen molar-refractivity contribution in [1.29, 1.82) is 0 Å². The maximum atomic E-state index is 10.6. The Morgan fingerprint density at radius 3 is 1.46 bits per heavy atom. The summed E-state index contributed by atoms with van der Waals surface area (Å²) in [6.45, 7) is 1.55. The summed E-state index contributed by atoms with van der Waals surface area (Å²) in [7, 11) is 0. The summed E-state index contributed by atoms with van der Waals surface area (Å²) in [5.41, 5.74) is 10.3. The predicted molar refractivity (Wildman–Crippen MR) is 41.0 cm³/mol. The van der Waals surface area contributed by atoms with Crippen LogP contribution in [0.5, 0.6) is 0 Å². The van der Waals surface area contributed by atoms with Crippen LogP contribution in [0.2, 0.25) is 0 Å². The smallest absolute Gasteiger partial charge is 0.475 e. The number of carboxylic acid groups (broad SMARTS) is 1. The van der Waals surface area contributed by atoms with Gasteiger partial charge in [-0.2, -0.15) is 13.2 Å². The van der Waals surface area contributed by atoms with Crippen molar-refractivity contribution in [3.63, 3.8) is 0 Å². The molecule has 0 saturated heterocycles. The van der Waals surface area contributed by atoms with Gasteiger partial charge in [-0.1, -0.05) is 0 Å². The van der Waals surface area contributed by atoms with Gasteiger partial charge in [0, 0.05) is 0 Å². The number of carboxylic acids is 1. The van der Waals surface area contributed by atoms with Crippen LogP contribution in [0, 0.1) is 0 Å². The van der Waals surface area contributed by atoms with Crippen molar-refractivity contribution in [3.8, 4) is 0 Å². The molecule has 13 heavy (non-hydrogen) atoms. The molecule has 0 heterocycles. The fourth-order valence-corrected chi connectivity index (χ4v) is 0.289. The van der Waals surface area contributed by atoms with Crippen LogP contribution in [0.3, 0.4) is 0 Å². The monoisotopic (exact) mass is 202 g/mol. The molecule has 7 heteroatoms. The molecule has 0 aliphatic rings. The van der Waals surface area contributed by atoms with Crippen LogP contribution in [0.1, 0.15) is 12.8 Å². The Hall–Kier alpha value is -0.820. The number of rotatable bonds is 3. The Morgan fingerprint density at radius 1 is 1.15 bits per heavy atom. The van der Waals surface area contributed by atoms with E-state index < -0.39 is 12.1 Å². The number of nitrogens with two attached hydrogens (primary N) is 2. The molecule has 5 N–H and O–H groups in total. The zero-order valence-corrected chi connectivity index (χ0v) is 6.97. The molecule has 0 aliphatic heterocycles. The van der Waals surface area contributed by atoms with Crippen LogP contribution in [0.25, 0.3) is 0 Å². The first kappa shape index (κ1) is 14.7. The average molecular weight is 202 g/mol. The molecule has 0 amide bonds. The van der Waals surface area contributed by atoms with Crippen molar-refractivity contribution in [1.82, 2.24) is 0 Å². The van der Waals surface area contributed by atoms with Crippen molar-refractivity contribution < 1.29 is 23.1 Å². The van der Waals surface area contributed by atoms with E-state index in [0.29, 0.717) is 0 Å². The standard InChI is InChI=1S/C4H12N2.C2HF3O2/c5-3-1-2-4-6;3-2(4,5)1(6)7/h1-6H2;(H,6,7). The van der Waals surface area contributed by atoms with Crippen LogP contribution in [0.15, 0.2) is 0 Å². The number of unbranched alkanes of at least 4 members (excludes halogenated alkanes) is 1. The first-order chi connectivity index (χ1) is 5.86. The van der Waals surface area contributed by atoms with Crippen LogP contribution >= 0.6 is 0 Å². The topological polar surface area (TPSA) is 89.3 Å². The van der Waals surface area contributed by atoms with Crippen LogP contribution in [0.4, 0.5) is 13.2 Å². The third-order valence-electron chi connectivity index (χ3n) is 0.901. The lowest BCUT2D eigenvalue weighted by atomic mass is 10.3. The van der Waals surface area contributed by atoms with Gasteiger partial charge in [-0.15, -0.1) is 0 Å². The number of alkyl halides is 3. The van der Waals surface area contributed by atoms with Crippen molar-refractivity contribution in [2.75, 3.05) is 13.1 Å². The minimum atomic E-state index is -5.08. The summed E-state index contributed by atoms with van der Waals surface area (Å²) in [6, 6.07) is 0. The molecule has 0 unspecified atom stereocenters. The highest BCUT2D eigenvalue weighted by Crippen LogP contribution is 2.13. The molecule has 0 aromatic carbocycles. The molecular formula is C6H13F3N2O2. The first-order valence-electron chi connectivity index (χ1n) is 3.56. The highest BCUT2D eigenvalue weighted by Gasteiger charge is 2.38. The normalized spacial score (nSPS) is 10.2. The van der Waals surface area contributed by atoms with Gasteiger partial charge in [0.25, 0.3) is 0 Å². The van der Waals surface area contributed by atoms with Crippen molar-refractivity contribution in [3.05, 3.63) is 0 Å². The molecular weight excluding hydrogens is 189 g/mol. The van der Waals surface area contributed by atoms with E-state index in [1.54, 1.807) is 0 Å². The number of hydrogen-bond acceptors (Lipinski definition) is 3. The lowest BCUT2D eigenvalue weighted by Crippen LogP contribution is -2.21. The van der Waals surface area contributed by atoms with E-state index in [2.05, 4.69) is 0 Å². The van der Waals surface area contributed by atoms with E-state index in [9.17, 15) is 13.2 Å². The molecule has 0 bridgehead atoms. The molecule has 0 spiro atoms. The van der Waals surface area contributed by atoms with Crippen LogP contribution in [-0.2, 0) is 4.79 Å². The Bertz CT molecular complexity index is 134. The largest absolute Gasteiger partial charge is 0.490 e. The second-order valence-electron chi connectivity index (χ2n) is 2.09. The van der Waals surface area contributed by atoms with Crippen molar-refractivity contribution in [2.45, 2.75) is 19.0 Å². The second-order valence-corrected chi connectivity index (χ2v) is 2.09. The van der Waals surface area contributed by atoms with E-state index in [4.69, 9.17) is 21.4 Å². The van der Waals surface area contributed by atoms with E-state index >= 15 is 0 Å². The molecule has 0 radical (unpaired) electrons. The quantitative estimate of drug-likeness (QED) is 0.575. The minimum absolute atomic E-state index is 0.775. The summed E-state index contributed by atoms with van der Waals surface area (Å²) < 4.78 is 31.7. The Morgan fingerprint density at radius 2 is 1.38 bits per heavy atom. The fraction of sp³-hybridized carbons (Fsp3) is 0.833. The van der Waals surface area contributed by atoms with Crippen LogP contribution in [-0.4, -0.2) is 30.3 Å². The van der Waals surface area contributed by atoms with Gasteiger partial charge < -0.3 is 16.6 Å². The molecule has 0 saturated carbocycles. The molecule has 80 valence electrons. The minimum Gasteiger partial charge on any atom is -0.475 e. The lowest BCUT2D eigenvalue weighted by molar-refractivity contribution is -0.192. The van der Waals surface area contributed by atoms with Gasteiger partial charge in [0.05, 0.1) is 0 Å². The average Bonchev–Trinajstić information content (AvgIpc) is 2.00. The maximum Gasteiger partial charge on any atom is 0.490 e. The molecule has 4 nitrogen and oxygen atoms in total. The first-order valence-corrected chi connectivity index (χ1v) is 3.56. The van der Waals surface area contributed by atoms with E-state index in [1.165, 1.54) is 0 Å². The Kier molecular flexibility index (Phi) is 8.83. The number of halogens is 3. The third kappa shape index (κ3) is 14.1. The van der Waals surface area contributed by atoms with Crippen LogP contribution < -0.4 is 11.5 Å². The lowest BCUT2D eigenvalue weighted by Gasteiger charge is -1.93. The Labute approximate surface area is 73.7 Å². The summed E-state index contributed by atoms with van der Waals surface area (Å²) in [5, 5.41) is 7.12. The van der Waals surface area contributed by atoms with Gasteiger partial charge in [-0.05, 0) is 25.9 Å². The molecule has 0 aliphatic carbocycles. The number of carbonyl (C=O) groups is 1. The Balaban J connectivity index is 0. The van der Waals surface area contributed by atoms with Crippen molar-refractivity contribution in [2.24, 2.45) is 11.5 Å². The molecule has 0 rings (SSSR count). The van der Waals surface area contributed by atoms with Gasteiger partial charge in [0.1, 0.15) is 0 Å². The summed E-state index contributed by atoms with van der Waals surface area (Å²) in [5.74, 6) is -2.76. The zero-order valence-electron chi connectivity index (χ0n) is 6.97. The SMILES string of the molecule is NCCCCN.O=C(O)C(F)(F)F. The van der Waals surface area contributed by atoms with Gasteiger partial charge in [-0.25, -0.2) is 4.79 Å². The van der Waals surface area contributed by atoms with Gasteiger partial charge in [-0.3, -0.25) is 0 Å². The summed E-state index contributed by atoms with van der Waals surface area (Å²) >= 11 is 0. The van der Waals surface area contributed by atoms with Crippen molar-refractivity contribution >= 4 is 5.97 Å². The molecule has 0 aromatic heterocycles. The molecule has 0 atom stereocenters. The van der Waals surface area contributed by atoms with E-state index in [-0.39, 0.29) is 0 Å². The zero-order chi connectivity index (χ0) is 10.9. The van der Waals surface area contributed by atoms with E-state index in [0.717, 1.165) is 25.9 Å². The summed E-state index contributed by atoms with van der Waals surface area (Å²) in [4.78, 5) is 8.90. The van der Waals surface area contributed by atoms with Gasteiger partial charge in [0.2, 0.25) is 0 Å². The highest BCUT2D eigenvalue weighted by atomic mass is 19.4. The second kappa shape index (κ2) is 7.81.